The number of rotatable bonds is 7. The summed E-state index contributed by atoms with van der Waals surface area (Å²) in [5, 5.41) is 11.9. The first-order valence-corrected chi connectivity index (χ1v) is 9.60. The second-order valence-electron chi connectivity index (χ2n) is 6.16. The van der Waals surface area contributed by atoms with Crippen LogP contribution in [0.5, 0.6) is 0 Å². The number of aliphatic carboxylic acids is 1. The monoisotopic (exact) mass is 364 g/mol. The van der Waals surface area contributed by atoms with E-state index in [4.69, 9.17) is 5.11 Å². The highest BCUT2D eigenvalue weighted by Gasteiger charge is 2.34. The first kappa shape index (κ1) is 19.3. The van der Waals surface area contributed by atoms with Crippen LogP contribution in [0.3, 0.4) is 0 Å². The molecule has 2 amide bonds. The molecule has 1 aliphatic heterocycles. The Bertz CT molecular complexity index is 650. The quantitative estimate of drug-likeness (QED) is 0.777. The van der Waals surface area contributed by atoms with Gasteiger partial charge in [0.1, 0.15) is 6.04 Å². The molecular formula is C18H24N2O4S. The first-order chi connectivity index (χ1) is 11.9. The Balaban J connectivity index is 2.05. The lowest BCUT2D eigenvalue weighted by atomic mass is 10.0. The van der Waals surface area contributed by atoms with E-state index >= 15 is 0 Å². The molecule has 2 atom stereocenters. The number of benzene rings is 1. The molecular weight excluding hydrogens is 340 g/mol. The standard InChI is InChI=1S/C18H24N2O4S/c1-3-4-8-16(21)20-11-25-10-15(20)17(22)19-14-7-5-6-13(9-14)12(2)18(23)24/h5-7,9,12,15H,3-4,8,10-11H2,1-2H3,(H,19,22)(H,23,24). The van der Waals surface area contributed by atoms with Gasteiger partial charge in [-0.05, 0) is 31.0 Å². The Kier molecular flexibility index (Phi) is 6.87. The molecule has 1 aromatic carbocycles. The largest absolute Gasteiger partial charge is 0.481 e. The van der Waals surface area contributed by atoms with Crippen molar-refractivity contribution in [3.63, 3.8) is 0 Å². The van der Waals surface area contributed by atoms with Crippen LogP contribution in [-0.2, 0) is 14.4 Å². The van der Waals surface area contributed by atoms with Crippen LogP contribution in [-0.4, -0.2) is 45.5 Å². The van der Waals surface area contributed by atoms with Gasteiger partial charge in [0.25, 0.3) is 0 Å². The zero-order valence-electron chi connectivity index (χ0n) is 14.5. The number of carbonyl (C=O) groups excluding carboxylic acids is 2. The lowest BCUT2D eigenvalue weighted by molar-refractivity contribution is -0.138. The maximum absolute atomic E-state index is 12.6. The van der Waals surface area contributed by atoms with Crippen molar-refractivity contribution < 1.29 is 19.5 Å². The van der Waals surface area contributed by atoms with Gasteiger partial charge in [-0.25, -0.2) is 0 Å². The minimum atomic E-state index is -0.914. The third-order valence-electron chi connectivity index (χ3n) is 4.27. The predicted molar refractivity (Wildman–Crippen MR) is 98.6 cm³/mol. The number of hydrogen-bond donors (Lipinski definition) is 2. The molecule has 2 N–H and O–H groups in total. The number of unbranched alkanes of at least 4 members (excludes halogenated alkanes) is 1. The molecule has 0 radical (unpaired) electrons. The molecule has 6 nitrogen and oxygen atoms in total. The molecule has 136 valence electrons. The van der Waals surface area contributed by atoms with E-state index in [9.17, 15) is 14.4 Å². The number of nitrogens with one attached hydrogen (secondary N) is 1. The highest BCUT2D eigenvalue weighted by atomic mass is 32.2. The molecule has 7 heteroatoms. The Hall–Kier alpha value is -2.02. The maximum Gasteiger partial charge on any atom is 0.310 e. The summed E-state index contributed by atoms with van der Waals surface area (Å²) in [4.78, 5) is 37.6. The van der Waals surface area contributed by atoms with Gasteiger partial charge >= 0.3 is 5.97 Å². The van der Waals surface area contributed by atoms with E-state index in [1.165, 1.54) is 0 Å². The number of anilines is 1. The molecule has 0 aromatic heterocycles. The van der Waals surface area contributed by atoms with Crippen LogP contribution in [0.4, 0.5) is 5.69 Å². The van der Waals surface area contributed by atoms with Gasteiger partial charge in [0, 0.05) is 17.9 Å². The fraction of sp³-hybridized carbons (Fsp3) is 0.500. The summed E-state index contributed by atoms with van der Waals surface area (Å²) < 4.78 is 0. The second-order valence-corrected chi connectivity index (χ2v) is 7.16. The summed E-state index contributed by atoms with van der Waals surface area (Å²) in [6, 6.07) is 6.36. The fourth-order valence-electron chi connectivity index (χ4n) is 2.63. The lowest BCUT2D eigenvalue weighted by Gasteiger charge is -2.23. The summed E-state index contributed by atoms with van der Waals surface area (Å²) in [7, 11) is 0. The van der Waals surface area contributed by atoms with Crippen LogP contribution in [0, 0.1) is 0 Å². The van der Waals surface area contributed by atoms with Crippen LogP contribution < -0.4 is 5.32 Å². The Morgan fingerprint density at radius 2 is 2.16 bits per heavy atom. The Morgan fingerprint density at radius 3 is 2.84 bits per heavy atom. The molecule has 1 aliphatic rings. The van der Waals surface area contributed by atoms with Gasteiger partial charge < -0.3 is 15.3 Å². The van der Waals surface area contributed by atoms with Crippen LogP contribution in [0.15, 0.2) is 24.3 Å². The average Bonchev–Trinajstić information content (AvgIpc) is 3.09. The average molecular weight is 364 g/mol. The fourth-order valence-corrected chi connectivity index (χ4v) is 3.81. The summed E-state index contributed by atoms with van der Waals surface area (Å²) in [5.74, 6) is -0.657. The number of amides is 2. The van der Waals surface area contributed by atoms with E-state index in [1.807, 2.05) is 6.92 Å². The summed E-state index contributed by atoms with van der Waals surface area (Å²) >= 11 is 1.57. The number of nitrogens with zero attached hydrogens (tertiary/aromatic N) is 1. The highest BCUT2D eigenvalue weighted by molar-refractivity contribution is 7.99. The van der Waals surface area contributed by atoms with Gasteiger partial charge in [-0.3, -0.25) is 14.4 Å². The van der Waals surface area contributed by atoms with E-state index in [-0.39, 0.29) is 11.8 Å². The molecule has 1 fully saturated rings. The van der Waals surface area contributed by atoms with E-state index in [0.29, 0.717) is 29.3 Å². The number of thioether (sulfide) groups is 1. The van der Waals surface area contributed by atoms with Crippen molar-refractivity contribution in [2.75, 3.05) is 16.9 Å². The zero-order valence-corrected chi connectivity index (χ0v) is 15.3. The van der Waals surface area contributed by atoms with Crippen LogP contribution in [0.25, 0.3) is 0 Å². The minimum absolute atomic E-state index is 0.0141. The molecule has 2 unspecified atom stereocenters. The van der Waals surface area contributed by atoms with Gasteiger partial charge in [-0.1, -0.05) is 25.5 Å². The molecule has 0 spiro atoms. The van der Waals surface area contributed by atoms with Crippen LogP contribution in [0.1, 0.15) is 44.6 Å². The molecule has 0 aliphatic carbocycles. The molecule has 0 bridgehead atoms. The summed E-state index contributed by atoms with van der Waals surface area (Å²) in [5.41, 5.74) is 1.18. The first-order valence-electron chi connectivity index (χ1n) is 8.45. The van der Waals surface area contributed by atoms with Gasteiger partial charge in [0.2, 0.25) is 11.8 Å². The van der Waals surface area contributed by atoms with Crippen molar-refractivity contribution >= 4 is 35.2 Å². The number of carbonyl (C=O) groups is 3. The normalized spacial score (nSPS) is 18.0. The van der Waals surface area contributed by atoms with Crippen molar-refractivity contribution in [2.45, 2.75) is 45.1 Å². The third kappa shape index (κ3) is 4.98. The molecule has 2 rings (SSSR count). The number of carboxylic acid groups (broad SMARTS) is 1. The van der Waals surface area contributed by atoms with Crippen molar-refractivity contribution in [2.24, 2.45) is 0 Å². The highest BCUT2D eigenvalue weighted by Crippen LogP contribution is 2.24. The van der Waals surface area contributed by atoms with Gasteiger partial charge in [-0.15, -0.1) is 11.8 Å². The van der Waals surface area contributed by atoms with Crippen LogP contribution in [0.2, 0.25) is 0 Å². The molecule has 0 saturated carbocycles. The molecule has 1 saturated heterocycles. The van der Waals surface area contributed by atoms with Crippen molar-refractivity contribution in [1.82, 2.24) is 4.90 Å². The Labute approximate surface area is 152 Å². The topological polar surface area (TPSA) is 86.7 Å². The van der Waals surface area contributed by atoms with E-state index in [1.54, 1.807) is 47.9 Å². The summed E-state index contributed by atoms with van der Waals surface area (Å²) in [6.07, 6.45) is 2.23. The zero-order chi connectivity index (χ0) is 18.4. The van der Waals surface area contributed by atoms with Gasteiger partial charge in [-0.2, -0.15) is 0 Å². The maximum atomic E-state index is 12.6. The number of carboxylic acids is 1. The summed E-state index contributed by atoms with van der Waals surface area (Å²) in [6.45, 7) is 3.63. The SMILES string of the molecule is CCCCC(=O)N1CSCC1C(=O)Nc1cccc(C(C)C(=O)O)c1. The third-order valence-corrected chi connectivity index (χ3v) is 5.29. The predicted octanol–water partition coefficient (Wildman–Crippen LogP) is 2.90. The molecule has 1 aromatic rings. The van der Waals surface area contributed by atoms with Gasteiger partial charge in [0.15, 0.2) is 0 Å². The van der Waals surface area contributed by atoms with E-state index < -0.39 is 17.9 Å². The minimum Gasteiger partial charge on any atom is -0.481 e. The van der Waals surface area contributed by atoms with Gasteiger partial charge in [0.05, 0.1) is 11.8 Å². The molecule has 1 heterocycles. The van der Waals surface area contributed by atoms with Crippen LogP contribution >= 0.6 is 11.8 Å². The second kappa shape index (κ2) is 8.89. The number of hydrogen-bond acceptors (Lipinski definition) is 4. The smallest absolute Gasteiger partial charge is 0.310 e. The van der Waals surface area contributed by atoms with Crippen molar-refractivity contribution in [3.8, 4) is 0 Å². The molecule has 25 heavy (non-hydrogen) atoms. The lowest BCUT2D eigenvalue weighted by Crippen LogP contribution is -2.44. The Morgan fingerprint density at radius 1 is 1.40 bits per heavy atom. The van der Waals surface area contributed by atoms with Crippen molar-refractivity contribution in [1.29, 1.82) is 0 Å². The van der Waals surface area contributed by atoms with Crippen molar-refractivity contribution in [3.05, 3.63) is 29.8 Å². The van der Waals surface area contributed by atoms with E-state index in [0.717, 1.165) is 12.8 Å². The van der Waals surface area contributed by atoms with E-state index in [2.05, 4.69) is 5.32 Å².